The highest BCUT2D eigenvalue weighted by Gasteiger charge is 2.29. The Morgan fingerprint density at radius 2 is 1.79 bits per heavy atom. The van der Waals surface area contributed by atoms with Crippen molar-refractivity contribution < 1.29 is 17.3 Å². The minimum absolute atomic E-state index is 0.0290. The van der Waals surface area contributed by atoms with Crippen LogP contribution in [0, 0.1) is 12.8 Å². The van der Waals surface area contributed by atoms with Gasteiger partial charge < -0.3 is 4.74 Å². The van der Waals surface area contributed by atoms with Gasteiger partial charge in [-0.15, -0.1) is 0 Å². The number of aryl methyl sites for hydroxylation is 1. The first kappa shape index (κ1) is 17.1. The molecule has 1 fully saturated rings. The molecule has 2 atom stereocenters. The lowest BCUT2D eigenvalue weighted by Crippen LogP contribution is -2.27. The third-order valence-electron chi connectivity index (χ3n) is 4.32. The fraction of sp³-hybridized carbons (Fsp3) is 0.368. The summed E-state index contributed by atoms with van der Waals surface area (Å²) in [6.07, 6.45) is 1.69. The zero-order valence-electron chi connectivity index (χ0n) is 13.7. The van der Waals surface area contributed by atoms with Crippen molar-refractivity contribution in [2.75, 3.05) is 13.2 Å². The van der Waals surface area contributed by atoms with E-state index in [-0.39, 0.29) is 23.5 Å². The monoisotopic (exact) mass is 346 g/mol. The molecular weight excluding hydrogens is 324 g/mol. The van der Waals surface area contributed by atoms with Gasteiger partial charge in [-0.3, -0.25) is 4.18 Å². The van der Waals surface area contributed by atoms with Crippen LogP contribution in [0.1, 0.15) is 30.1 Å². The highest BCUT2D eigenvalue weighted by atomic mass is 32.2. The number of hydrogen-bond acceptors (Lipinski definition) is 4. The molecule has 4 nitrogen and oxygen atoms in total. The summed E-state index contributed by atoms with van der Waals surface area (Å²) in [5, 5.41) is 0. The minimum Gasteiger partial charge on any atom is -0.373 e. The first-order valence-corrected chi connectivity index (χ1v) is 9.60. The lowest BCUT2D eigenvalue weighted by molar-refractivity contribution is -0.0415. The summed E-state index contributed by atoms with van der Waals surface area (Å²) in [6.45, 7) is 2.75. The van der Waals surface area contributed by atoms with Crippen molar-refractivity contribution in [3.05, 3.63) is 65.7 Å². The molecule has 0 saturated carbocycles. The van der Waals surface area contributed by atoms with Crippen LogP contribution in [0.15, 0.2) is 59.5 Å². The van der Waals surface area contributed by atoms with Gasteiger partial charge in [0.05, 0.1) is 17.6 Å². The van der Waals surface area contributed by atoms with Crippen LogP contribution in [0.4, 0.5) is 0 Å². The summed E-state index contributed by atoms with van der Waals surface area (Å²) in [5.41, 5.74) is 2.08. The van der Waals surface area contributed by atoms with E-state index in [4.69, 9.17) is 8.92 Å². The van der Waals surface area contributed by atoms with Crippen molar-refractivity contribution in [2.24, 2.45) is 5.92 Å². The van der Waals surface area contributed by atoms with Crippen LogP contribution in [0.3, 0.4) is 0 Å². The van der Waals surface area contributed by atoms with E-state index >= 15 is 0 Å². The van der Waals surface area contributed by atoms with Crippen molar-refractivity contribution in [2.45, 2.75) is 30.8 Å². The fourth-order valence-corrected chi connectivity index (χ4v) is 3.93. The molecule has 0 spiro atoms. The maximum Gasteiger partial charge on any atom is 0.296 e. The molecule has 0 N–H and O–H groups in total. The second kappa shape index (κ2) is 7.47. The van der Waals surface area contributed by atoms with Crippen molar-refractivity contribution in [1.82, 2.24) is 0 Å². The van der Waals surface area contributed by atoms with Crippen LogP contribution in [0.5, 0.6) is 0 Å². The van der Waals surface area contributed by atoms with E-state index < -0.39 is 10.1 Å². The van der Waals surface area contributed by atoms with Gasteiger partial charge in [-0.1, -0.05) is 48.0 Å². The molecule has 2 aromatic carbocycles. The molecule has 0 radical (unpaired) electrons. The van der Waals surface area contributed by atoms with Gasteiger partial charge in [0.2, 0.25) is 0 Å². The maximum absolute atomic E-state index is 12.4. The molecule has 1 aliphatic rings. The Labute approximate surface area is 143 Å². The predicted octanol–water partition coefficient (Wildman–Crippen LogP) is 3.87. The van der Waals surface area contributed by atoms with Gasteiger partial charge in [0.1, 0.15) is 0 Å². The van der Waals surface area contributed by atoms with Crippen LogP contribution >= 0.6 is 0 Å². The molecule has 2 aromatic rings. The fourth-order valence-electron chi connectivity index (χ4n) is 2.98. The number of benzene rings is 2. The molecule has 0 aliphatic carbocycles. The average molecular weight is 346 g/mol. The predicted molar refractivity (Wildman–Crippen MR) is 92.2 cm³/mol. The number of ether oxygens (including phenoxy) is 1. The van der Waals surface area contributed by atoms with Crippen molar-refractivity contribution in [1.29, 1.82) is 0 Å². The van der Waals surface area contributed by atoms with Gasteiger partial charge in [0, 0.05) is 12.5 Å². The summed E-state index contributed by atoms with van der Waals surface area (Å²) in [4.78, 5) is 0.195. The number of hydrogen-bond donors (Lipinski definition) is 0. The van der Waals surface area contributed by atoms with E-state index in [0.717, 1.165) is 24.0 Å². The van der Waals surface area contributed by atoms with E-state index in [2.05, 4.69) is 0 Å². The van der Waals surface area contributed by atoms with Gasteiger partial charge in [0.15, 0.2) is 0 Å². The standard InChI is InChI=1S/C19H22O4S/c1-15-9-11-18(12-10-15)24(20,21)23-14-17-8-5-13-22-19(17)16-6-3-2-4-7-16/h2-4,6-7,9-12,17,19H,5,8,13-14H2,1H3/t17-,19-/m0/s1. The molecule has 128 valence electrons. The largest absolute Gasteiger partial charge is 0.373 e. The Balaban J connectivity index is 1.71. The Hall–Kier alpha value is -1.69. The molecule has 3 rings (SSSR count). The molecule has 0 amide bonds. The van der Waals surface area contributed by atoms with Gasteiger partial charge in [-0.25, -0.2) is 0 Å². The third-order valence-corrected chi connectivity index (χ3v) is 5.62. The molecule has 0 bridgehead atoms. The first-order chi connectivity index (χ1) is 11.6. The molecular formula is C19H22O4S. The normalized spacial score (nSPS) is 21.5. The summed E-state index contributed by atoms with van der Waals surface area (Å²) < 4.78 is 36.0. The summed E-state index contributed by atoms with van der Waals surface area (Å²) in [7, 11) is -3.74. The van der Waals surface area contributed by atoms with E-state index in [9.17, 15) is 8.42 Å². The highest BCUT2D eigenvalue weighted by molar-refractivity contribution is 7.86. The van der Waals surface area contributed by atoms with E-state index in [0.29, 0.717) is 6.61 Å². The van der Waals surface area contributed by atoms with Crippen LogP contribution in [-0.4, -0.2) is 21.6 Å². The molecule has 5 heteroatoms. The zero-order valence-corrected chi connectivity index (χ0v) is 14.5. The molecule has 1 saturated heterocycles. The third kappa shape index (κ3) is 4.04. The highest BCUT2D eigenvalue weighted by Crippen LogP contribution is 2.34. The Morgan fingerprint density at radius 3 is 2.50 bits per heavy atom. The molecule has 1 heterocycles. The van der Waals surface area contributed by atoms with Crippen molar-refractivity contribution in [3.8, 4) is 0 Å². The topological polar surface area (TPSA) is 52.6 Å². The minimum atomic E-state index is -3.74. The zero-order chi connectivity index (χ0) is 17.0. The second-order valence-electron chi connectivity index (χ2n) is 6.16. The van der Waals surface area contributed by atoms with Gasteiger partial charge in [-0.2, -0.15) is 8.42 Å². The quantitative estimate of drug-likeness (QED) is 0.771. The van der Waals surface area contributed by atoms with Crippen LogP contribution < -0.4 is 0 Å². The van der Waals surface area contributed by atoms with Crippen molar-refractivity contribution in [3.63, 3.8) is 0 Å². The molecule has 0 unspecified atom stereocenters. The van der Waals surface area contributed by atoms with Crippen LogP contribution in [0.25, 0.3) is 0 Å². The summed E-state index contributed by atoms with van der Waals surface area (Å²) in [6, 6.07) is 16.6. The Bertz CT molecular complexity index is 754. The molecule has 0 aromatic heterocycles. The van der Waals surface area contributed by atoms with Crippen LogP contribution in [-0.2, 0) is 19.0 Å². The maximum atomic E-state index is 12.4. The van der Waals surface area contributed by atoms with Crippen LogP contribution in [0.2, 0.25) is 0 Å². The average Bonchev–Trinajstić information content (AvgIpc) is 2.61. The smallest absolute Gasteiger partial charge is 0.296 e. The van der Waals surface area contributed by atoms with E-state index in [1.165, 1.54) is 0 Å². The lowest BCUT2D eigenvalue weighted by Gasteiger charge is -2.31. The molecule has 24 heavy (non-hydrogen) atoms. The van der Waals surface area contributed by atoms with E-state index in [1.807, 2.05) is 37.3 Å². The molecule has 1 aliphatic heterocycles. The second-order valence-corrected chi connectivity index (χ2v) is 7.77. The van der Waals surface area contributed by atoms with E-state index in [1.54, 1.807) is 24.3 Å². The SMILES string of the molecule is Cc1ccc(S(=O)(=O)OC[C@@H]2CCCO[C@H]2c2ccccc2)cc1. The van der Waals surface area contributed by atoms with Gasteiger partial charge in [-0.05, 0) is 37.5 Å². The summed E-state index contributed by atoms with van der Waals surface area (Å²) in [5.74, 6) is 0.0290. The summed E-state index contributed by atoms with van der Waals surface area (Å²) >= 11 is 0. The van der Waals surface area contributed by atoms with Gasteiger partial charge in [0.25, 0.3) is 10.1 Å². The number of rotatable bonds is 5. The lowest BCUT2D eigenvalue weighted by atomic mass is 9.90. The first-order valence-electron chi connectivity index (χ1n) is 8.19. The Morgan fingerprint density at radius 1 is 1.08 bits per heavy atom. The Kier molecular flexibility index (Phi) is 5.33. The van der Waals surface area contributed by atoms with Crippen molar-refractivity contribution >= 4 is 10.1 Å². The van der Waals surface area contributed by atoms with Gasteiger partial charge >= 0.3 is 0 Å².